The number of hydrogen-bond donors (Lipinski definition) is 0. The van der Waals surface area contributed by atoms with E-state index in [2.05, 4.69) is 14.3 Å². The second kappa shape index (κ2) is 9.62. The average molecular weight is 431 g/mol. The van der Waals surface area contributed by atoms with Gasteiger partial charge in [0, 0.05) is 31.2 Å². The molecule has 0 spiro atoms. The molecular weight excluding hydrogens is 411 g/mol. The summed E-state index contributed by atoms with van der Waals surface area (Å²) in [6, 6.07) is 9.78. The number of benzene rings is 2. The van der Waals surface area contributed by atoms with Gasteiger partial charge in [0.2, 0.25) is 0 Å². The van der Waals surface area contributed by atoms with E-state index in [0.717, 1.165) is 29.2 Å². The van der Waals surface area contributed by atoms with E-state index in [0.29, 0.717) is 27.5 Å². The zero-order valence-electron chi connectivity index (χ0n) is 16.3. The summed E-state index contributed by atoms with van der Waals surface area (Å²) in [5.41, 5.74) is 2.42. The van der Waals surface area contributed by atoms with Gasteiger partial charge in [0.1, 0.15) is 11.6 Å². The summed E-state index contributed by atoms with van der Waals surface area (Å²) < 4.78 is 23.1. The number of aliphatic imine (C=N–C) groups is 1. The molecule has 0 atom stereocenters. The van der Waals surface area contributed by atoms with Crippen molar-refractivity contribution in [1.82, 2.24) is 14.3 Å². The van der Waals surface area contributed by atoms with Crippen molar-refractivity contribution in [3.63, 3.8) is 0 Å². The lowest BCUT2D eigenvalue weighted by Crippen LogP contribution is -2.14. The van der Waals surface area contributed by atoms with Crippen LogP contribution in [0.5, 0.6) is 10.9 Å². The Labute approximate surface area is 178 Å². The topological polar surface area (TPSA) is 50.6 Å². The second-order valence-electron chi connectivity index (χ2n) is 6.29. The number of hydrogen-bond acceptors (Lipinski definition) is 5. The molecule has 3 aromatic rings. The van der Waals surface area contributed by atoms with Crippen molar-refractivity contribution >= 4 is 47.3 Å². The molecule has 0 fully saturated rings. The first-order valence-electron chi connectivity index (χ1n) is 8.94. The van der Waals surface area contributed by atoms with Crippen molar-refractivity contribution in [2.75, 3.05) is 13.6 Å². The van der Waals surface area contributed by atoms with Crippen molar-refractivity contribution < 1.29 is 9.13 Å². The van der Waals surface area contributed by atoms with Crippen LogP contribution in [-0.2, 0) is 0 Å². The summed E-state index contributed by atoms with van der Waals surface area (Å²) in [5.74, 6) is 0.845. The smallest absolute Gasteiger partial charge is 0.299 e. The normalized spacial score (nSPS) is 11.5. The maximum absolute atomic E-state index is 13.0. The molecule has 1 aromatic heterocycles. The number of aryl methyl sites for hydroxylation is 1. The van der Waals surface area contributed by atoms with E-state index in [4.69, 9.17) is 16.3 Å². The average Bonchev–Trinajstić information content (AvgIpc) is 3.16. The van der Waals surface area contributed by atoms with Crippen molar-refractivity contribution in [3.05, 3.63) is 64.2 Å². The molecule has 29 heavy (non-hydrogen) atoms. The van der Waals surface area contributed by atoms with Crippen molar-refractivity contribution in [2.24, 2.45) is 4.99 Å². The van der Waals surface area contributed by atoms with Crippen molar-refractivity contribution in [1.29, 1.82) is 0 Å². The van der Waals surface area contributed by atoms with E-state index in [9.17, 15) is 4.39 Å². The minimum Gasteiger partial charge on any atom is -0.430 e. The first-order valence-corrected chi connectivity index (χ1v) is 10.1. The van der Waals surface area contributed by atoms with E-state index in [1.807, 2.05) is 37.9 Å². The molecule has 0 aliphatic carbocycles. The minimum atomic E-state index is -0.271. The summed E-state index contributed by atoms with van der Waals surface area (Å²) in [5, 5.41) is 0.900. The predicted molar refractivity (Wildman–Crippen MR) is 118 cm³/mol. The summed E-state index contributed by atoms with van der Waals surface area (Å²) >= 11 is 7.49. The molecular formula is C21H20ClFN4OS. The molecule has 150 valence electrons. The Kier molecular flexibility index (Phi) is 6.95. The first-order chi connectivity index (χ1) is 13.9. The molecule has 0 radical (unpaired) electrons. The van der Waals surface area contributed by atoms with E-state index in [1.54, 1.807) is 30.6 Å². The highest BCUT2D eigenvalue weighted by atomic mass is 35.5. The van der Waals surface area contributed by atoms with Crippen molar-refractivity contribution in [2.45, 2.75) is 13.8 Å². The van der Waals surface area contributed by atoms with Gasteiger partial charge in [-0.3, -0.25) is 0 Å². The summed E-state index contributed by atoms with van der Waals surface area (Å²) in [6.07, 6.45) is 5.30. The molecule has 3 rings (SSSR count). The number of rotatable bonds is 7. The molecule has 0 saturated carbocycles. The SMILES string of the molecule is CCN(C)C=Nc1cc(C)c(Oc2nc(C=Cc3ccc(F)cc3)ns2)cc1Cl. The quantitative estimate of drug-likeness (QED) is 0.330. The fourth-order valence-electron chi connectivity index (χ4n) is 2.27. The van der Waals surface area contributed by atoms with Crippen LogP contribution in [0.1, 0.15) is 23.9 Å². The second-order valence-corrected chi connectivity index (χ2v) is 7.41. The molecule has 0 saturated heterocycles. The predicted octanol–water partition coefficient (Wildman–Crippen LogP) is 6.21. The van der Waals surface area contributed by atoms with Crippen molar-refractivity contribution in [3.8, 4) is 10.9 Å². The van der Waals surface area contributed by atoms with Gasteiger partial charge in [0.05, 0.1) is 17.0 Å². The zero-order chi connectivity index (χ0) is 20.8. The van der Waals surface area contributed by atoms with E-state index in [-0.39, 0.29) is 5.82 Å². The Bertz CT molecular complexity index is 1030. The summed E-state index contributed by atoms with van der Waals surface area (Å²) in [4.78, 5) is 10.7. The molecule has 5 nitrogen and oxygen atoms in total. The minimum absolute atomic E-state index is 0.271. The third-order valence-corrected chi connectivity index (χ3v) is 4.96. The van der Waals surface area contributed by atoms with Gasteiger partial charge in [-0.25, -0.2) is 9.38 Å². The summed E-state index contributed by atoms with van der Waals surface area (Å²) in [6.45, 7) is 4.82. The van der Waals surface area contributed by atoms with Crippen LogP contribution in [-0.4, -0.2) is 34.2 Å². The number of aromatic nitrogens is 2. The Morgan fingerprint density at radius 3 is 2.72 bits per heavy atom. The lowest BCUT2D eigenvalue weighted by molar-refractivity contribution is 0.475. The Morgan fingerprint density at radius 1 is 1.24 bits per heavy atom. The van der Waals surface area contributed by atoms with Crippen LogP contribution in [0.3, 0.4) is 0 Å². The fourth-order valence-corrected chi connectivity index (χ4v) is 3.00. The van der Waals surface area contributed by atoms with Gasteiger partial charge in [-0.15, -0.1) is 0 Å². The van der Waals surface area contributed by atoms with Gasteiger partial charge in [0.25, 0.3) is 5.19 Å². The van der Waals surface area contributed by atoms with Gasteiger partial charge in [-0.1, -0.05) is 29.8 Å². The van der Waals surface area contributed by atoms with E-state index >= 15 is 0 Å². The monoisotopic (exact) mass is 430 g/mol. The number of halogens is 2. The van der Waals surface area contributed by atoms with Crippen LogP contribution in [0.15, 0.2) is 41.4 Å². The maximum Gasteiger partial charge on any atom is 0.299 e. The lowest BCUT2D eigenvalue weighted by Gasteiger charge is -2.10. The molecule has 2 aromatic carbocycles. The third-order valence-electron chi connectivity index (χ3n) is 4.05. The van der Waals surface area contributed by atoms with Gasteiger partial charge >= 0.3 is 0 Å². The highest BCUT2D eigenvalue weighted by molar-refractivity contribution is 7.07. The number of ether oxygens (including phenoxy) is 1. The third kappa shape index (κ3) is 5.85. The zero-order valence-corrected chi connectivity index (χ0v) is 17.8. The highest BCUT2D eigenvalue weighted by Crippen LogP contribution is 2.35. The van der Waals surface area contributed by atoms with Gasteiger partial charge in [-0.2, -0.15) is 9.36 Å². The Morgan fingerprint density at radius 2 is 2.00 bits per heavy atom. The van der Waals surface area contributed by atoms with Crippen LogP contribution in [0.4, 0.5) is 10.1 Å². The van der Waals surface area contributed by atoms with Crippen LogP contribution >= 0.6 is 23.1 Å². The lowest BCUT2D eigenvalue weighted by atomic mass is 10.2. The molecule has 0 amide bonds. The Balaban J connectivity index is 1.71. The van der Waals surface area contributed by atoms with Crippen LogP contribution < -0.4 is 4.74 Å². The van der Waals surface area contributed by atoms with E-state index < -0.39 is 0 Å². The summed E-state index contributed by atoms with van der Waals surface area (Å²) in [7, 11) is 1.94. The van der Waals surface area contributed by atoms with Gasteiger partial charge < -0.3 is 9.64 Å². The first kappa shape index (κ1) is 21.0. The van der Waals surface area contributed by atoms with Gasteiger partial charge in [0.15, 0.2) is 5.82 Å². The maximum atomic E-state index is 13.0. The fraction of sp³-hybridized carbons (Fsp3) is 0.190. The molecule has 0 bridgehead atoms. The highest BCUT2D eigenvalue weighted by Gasteiger charge is 2.10. The largest absolute Gasteiger partial charge is 0.430 e. The molecule has 1 heterocycles. The van der Waals surface area contributed by atoms with E-state index in [1.165, 1.54) is 12.1 Å². The molecule has 8 heteroatoms. The molecule has 0 aliphatic heterocycles. The molecule has 0 N–H and O–H groups in total. The van der Waals surface area contributed by atoms with Gasteiger partial charge in [-0.05, 0) is 49.2 Å². The van der Waals surface area contributed by atoms with Crippen LogP contribution in [0.2, 0.25) is 5.02 Å². The van der Waals surface area contributed by atoms with Crippen LogP contribution in [0.25, 0.3) is 12.2 Å². The molecule has 0 unspecified atom stereocenters. The molecule has 0 aliphatic rings. The number of nitrogens with zero attached hydrogens (tertiary/aromatic N) is 4. The standard InChI is InChI=1S/C21H20ClFN4OS/c1-4-27(3)13-24-18-11-14(2)19(12-17(18)22)28-21-25-20(26-29-21)10-7-15-5-8-16(23)9-6-15/h5-13H,4H2,1-3H3. The van der Waals surface area contributed by atoms with Crippen LogP contribution in [0, 0.1) is 12.7 Å². The Hall–Kier alpha value is -2.77.